The first-order valence-corrected chi connectivity index (χ1v) is 8.19. The lowest BCUT2D eigenvalue weighted by Gasteiger charge is -2.27. The minimum absolute atomic E-state index is 0.0412. The maximum Gasteiger partial charge on any atom is 0.264 e. The molecule has 1 aromatic rings. The second kappa shape index (κ2) is 7.56. The van der Waals surface area contributed by atoms with E-state index in [2.05, 4.69) is 5.32 Å². The van der Waals surface area contributed by atoms with Crippen LogP contribution in [0.3, 0.4) is 0 Å². The number of likely N-dealkylation sites (N-methyl/N-ethyl adjacent to an activating group) is 1. The van der Waals surface area contributed by atoms with E-state index >= 15 is 0 Å². The van der Waals surface area contributed by atoms with Gasteiger partial charge in [0.25, 0.3) is 5.91 Å². The largest absolute Gasteiger partial charge is 0.393 e. The summed E-state index contributed by atoms with van der Waals surface area (Å²) in [5.41, 5.74) is 0. The quantitative estimate of drug-likeness (QED) is 0.865. The molecule has 0 aromatic carbocycles. The number of carbonyl (C=O) groups is 2. The highest BCUT2D eigenvalue weighted by molar-refractivity contribution is 7.12. The fourth-order valence-corrected chi connectivity index (χ4v) is 3.32. The monoisotopic (exact) mass is 310 g/mol. The summed E-state index contributed by atoms with van der Waals surface area (Å²) in [6.45, 7) is 0.528. The number of rotatable bonds is 5. The average Bonchev–Trinajstić information content (AvgIpc) is 2.99. The van der Waals surface area contributed by atoms with Gasteiger partial charge in [0, 0.05) is 19.5 Å². The van der Waals surface area contributed by atoms with E-state index in [0.717, 1.165) is 25.7 Å². The molecule has 1 fully saturated rings. The van der Waals surface area contributed by atoms with Crippen molar-refractivity contribution in [3.05, 3.63) is 22.4 Å². The van der Waals surface area contributed by atoms with Crippen LogP contribution in [0.25, 0.3) is 0 Å². The number of hydrogen-bond donors (Lipinski definition) is 2. The van der Waals surface area contributed by atoms with Gasteiger partial charge in [0.05, 0.1) is 17.5 Å². The van der Waals surface area contributed by atoms with Crippen molar-refractivity contribution >= 4 is 23.2 Å². The average molecular weight is 310 g/mol. The van der Waals surface area contributed by atoms with E-state index in [9.17, 15) is 14.7 Å². The maximum absolute atomic E-state index is 12.0. The van der Waals surface area contributed by atoms with Gasteiger partial charge in [0.2, 0.25) is 5.91 Å². The number of carbonyl (C=O) groups excluding carboxylic acids is 2. The third-order valence-corrected chi connectivity index (χ3v) is 4.75. The van der Waals surface area contributed by atoms with Crippen LogP contribution in [-0.4, -0.2) is 48.1 Å². The number of amides is 2. The molecular formula is C15H22N2O3S. The minimum atomic E-state index is -0.315. The van der Waals surface area contributed by atoms with Crippen LogP contribution in [0, 0.1) is 5.92 Å². The van der Waals surface area contributed by atoms with Crippen LogP contribution < -0.4 is 5.32 Å². The normalized spacial score (nSPS) is 21.8. The summed E-state index contributed by atoms with van der Waals surface area (Å²) in [6, 6.07) is 3.57. The highest BCUT2D eigenvalue weighted by atomic mass is 32.1. The van der Waals surface area contributed by atoms with Gasteiger partial charge in [-0.2, -0.15) is 0 Å². The zero-order valence-electron chi connectivity index (χ0n) is 12.2. The third-order valence-electron chi connectivity index (χ3n) is 3.89. The van der Waals surface area contributed by atoms with Crippen molar-refractivity contribution in [3.63, 3.8) is 0 Å². The Labute approximate surface area is 129 Å². The first kappa shape index (κ1) is 16.0. The van der Waals surface area contributed by atoms with Crippen molar-refractivity contribution in [1.29, 1.82) is 0 Å². The summed E-state index contributed by atoms with van der Waals surface area (Å²) in [4.78, 5) is 26.0. The second-order valence-electron chi connectivity index (χ2n) is 5.55. The van der Waals surface area contributed by atoms with E-state index in [1.54, 1.807) is 13.1 Å². The molecular weight excluding hydrogens is 288 g/mol. The Balaban J connectivity index is 1.75. The summed E-state index contributed by atoms with van der Waals surface area (Å²) in [7, 11) is 1.62. The maximum atomic E-state index is 12.0. The second-order valence-corrected chi connectivity index (χ2v) is 6.50. The van der Waals surface area contributed by atoms with Gasteiger partial charge in [-0.15, -0.1) is 11.3 Å². The van der Waals surface area contributed by atoms with Gasteiger partial charge in [-0.3, -0.25) is 9.59 Å². The molecule has 0 aliphatic heterocycles. The van der Waals surface area contributed by atoms with Crippen molar-refractivity contribution in [2.75, 3.05) is 20.1 Å². The molecule has 0 saturated heterocycles. The first-order chi connectivity index (χ1) is 10.1. The molecule has 2 N–H and O–H groups in total. The van der Waals surface area contributed by atoms with Crippen LogP contribution in [0.2, 0.25) is 0 Å². The Morgan fingerprint density at radius 2 is 2.19 bits per heavy atom. The molecule has 2 unspecified atom stereocenters. The lowest BCUT2D eigenvalue weighted by molar-refractivity contribution is -0.122. The van der Waals surface area contributed by atoms with E-state index in [-0.39, 0.29) is 30.4 Å². The van der Waals surface area contributed by atoms with Crippen LogP contribution in [0.5, 0.6) is 0 Å². The van der Waals surface area contributed by atoms with E-state index < -0.39 is 0 Å². The lowest BCUT2D eigenvalue weighted by Crippen LogP contribution is -2.42. The van der Waals surface area contributed by atoms with Crippen LogP contribution in [0.4, 0.5) is 0 Å². The van der Waals surface area contributed by atoms with Crippen molar-refractivity contribution < 1.29 is 14.7 Å². The van der Waals surface area contributed by atoms with Crippen molar-refractivity contribution in [1.82, 2.24) is 10.2 Å². The molecule has 0 bridgehead atoms. The molecule has 2 rings (SSSR count). The Morgan fingerprint density at radius 3 is 2.86 bits per heavy atom. The third kappa shape index (κ3) is 4.54. The topological polar surface area (TPSA) is 69.6 Å². The number of hydrogen-bond acceptors (Lipinski definition) is 4. The lowest BCUT2D eigenvalue weighted by atomic mass is 9.86. The van der Waals surface area contributed by atoms with E-state index in [0.29, 0.717) is 11.4 Å². The van der Waals surface area contributed by atoms with Crippen molar-refractivity contribution in [3.8, 4) is 0 Å². The molecule has 1 aliphatic carbocycles. The molecule has 1 saturated carbocycles. The number of aliphatic hydroxyl groups excluding tert-OH is 1. The molecule has 0 spiro atoms. The summed E-state index contributed by atoms with van der Waals surface area (Å²) in [6.07, 6.45) is 3.62. The standard InChI is InChI=1S/C15H22N2O3S/c1-17(15(20)13-7-4-8-21-13)10-14(19)16-9-11-5-2-3-6-12(11)18/h4,7-8,11-12,18H,2-3,5-6,9-10H2,1H3,(H,16,19). The fraction of sp³-hybridized carbons (Fsp3) is 0.600. The van der Waals surface area contributed by atoms with E-state index in [1.165, 1.54) is 16.2 Å². The summed E-state index contributed by atoms with van der Waals surface area (Å²) >= 11 is 1.37. The number of nitrogens with zero attached hydrogens (tertiary/aromatic N) is 1. The van der Waals surface area contributed by atoms with Gasteiger partial charge in [-0.05, 0) is 24.3 Å². The minimum Gasteiger partial charge on any atom is -0.393 e. The molecule has 1 aromatic heterocycles. The number of thiophene rings is 1. The summed E-state index contributed by atoms with van der Waals surface area (Å²) in [5, 5.41) is 14.5. The predicted octanol–water partition coefficient (Wildman–Crippen LogP) is 1.49. The molecule has 2 amide bonds. The van der Waals surface area contributed by atoms with Crippen molar-refractivity contribution in [2.45, 2.75) is 31.8 Å². The Hall–Kier alpha value is -1.40. The highest BCUT2D eigenvalue weighted by Crippen LogP contribution is 2.23. The molecule has 2 atom stereocenters. The van der Waals surface area contributed by atoms with Gasteiger partial charge < -0.3 is 15.3 Å². The molecule has 21 heavy (non-hydrogen) atoms. The van der Waals surface area contributed by atoms with Gasteiger partial charge in [0.1, 0.15) is 0 Å². The Bertz CT molecular complexity index is 475. The fourth-order valence-electron chi connectivity index (χ4n) is 2.60. The van der Waals surface area contributed by atoms with Crippen molar-refractivity contribution in [2.24, 2.45) is 5.92 Å². The first-order valence-electron chi connectivity index (χ1n) is 7.31. The predicted molar refractivity (Wildman–Crippen MR) is 82.3 cm³/mol. The summed E-state index contributed by atoms with van der Waals surface area (Å²) < 4.78 is 0. The Morgan fingerprint density at radius 1 is 1.43 bits per heavy atom. The van der Waals surface area contributed by atoms with Crippen LogP contribution in [-0.2, 0) is 4.79 Å². The zero-order chi connectivity index (χ0) is 15.2. The van der Waals surface area contributed by atoms with Gasteiger partial charge in [-0.1, -0.05) is 18.9 Å². The van der Waals surface area contributed by atoms with Gasteiger partial charge in [-0.25, -0.2) is 0 Å². The molecule has 5 nitrogen and oxygen atoms in total. The van der Waals surface area contributed by atoms with E-state index in [1.807, 2.05) is 11.4 Å². The zero-order valence-corrected chi connectivity index (χ0v) is 13.1. The van der Waals surface area contributed by atoms with Gasteiger partial charge in [0.15, 0.2) is 0 Å². The molecule has 116 valence electrons. The van der Waals surface area contributed by atoms with E-state index in [4.69, 9.17) is 0 Å². The highest BCUT2D eigenvalue weighted by Gasteiger charge is 2.23. The molecule has 1 heterocycles. The van der Waals surface area contributed by atoms with Gasteiger partial charge >= 0.3 is 0 Å². The van der Waals surface area contributed by atoms with Crippen LogP contribution >= 0.6 is 11.3 Å². The molecule has 6 heteroatoms. The Kier molecular flexibility index (Phi) is 5.76. The number of nitrogens with one attached hydrogen (secondary N) is 1. The molecule has 1 aliphatic rings. The molecule has 0 radical (unpaired) electrons. The number of aliphatic hydroxyl groups is 1. The van der Waals surface area contributed by atoms with Crippen LogP contribution in [0.1, 0.15) is 35.4 Å². The summed E-state index contributed by atoms with van der Waals surface area (Å²) in [5.74, 6) is -0.181. The smallest absolute Gasteiger partial charge is 0.264 e. The SMILES string of the molecule is CN(CC(=O)NCC1CCCCC1O)C(=O)c1cccs1. The van der Waals surface area contributed by atoms with Crippen LogP contribution in [0.15, 0.2) is 17.5 Å².